The van der Waals surface area contributed by atoms with Crippen LogP contribution in [0, 0.1) is 18.6 Å². The van der Waals surface area contributed by atoms with Gasteiger partial charge in [-0.15, -0.1) is 0 Å². The molecule has 4 heteroatoms. The number of halogens is 2. The topological polar surface area (TPSA) is 25.8 Å². The third-order valence-corrected chi connectivity index (χ3v) is 7.03. The Morgan fingerprint density at radius 1 is 0.667 bits per heavy atom. The van der Waals surface area contributed by atoms with Gasteiger partial charge < -0.3 is 0 Å². The lowest BCUT2D eigenvalue weighted by Gasteiger charge is -2.29. The van der Waals surface area contributed by atoms with Crippen LogP contribution in [0.15, 0.2) is 66.7 Å². The van der Waals surface area contributed by atoms with Gasteiger partial charge in [-0.25, -0.2) is 8.78 Å². The molecule has 2 nitrogen and oxygen atoms in total. The van der Waals surface area contributed by atoms with Gasteiger partial charge in [-0.2, -0.15) is 0 Å². The van der Waals surface area contributed by atoms with Gasteiger partial charge in [0, 0.05) is 27.5 Å². The van der Waals surface area contributed by atoms with E-state index in [1.165, 1.54) is 6.92 Å². The summed E-state index contributed by atoms with van der Waals surface area (Å²) in [4.78, 5) is 9.82. The van der Waals surface area contributed by atoms with Crippen LogP contribution in [0.4, 0.5) is 8.78 Å². The van der Waals surface area contributed by atoms with E-state index in [-0.39, 0.29) is 5.56 Å². The minimum absolute atomic E-state index is 0.0113. The summed E-state index contributed by atoms with van der Waals surface area (Å²) in [5.41, 5.74) is 4.43. The summed E-state index contributed by atoms with van der Waals surface area (Å²) < 4.78 is 30.9. The van der Waals surface area contributed by atoms with Crippen molar-refractivity contribution >= 4 is 0 Å². The van der Waals surface area contributed by atoms with Gasteiger partial charge in [-0.05, 0) is 68.3 Å². The molecule has 0 unspecified atom stereocenters. The molecule has 33 heavy (non-hydrogen) atoms. The van der Waals surface area contributed by atoms with Crippen molar-refractivity contribution in [1.82, 2.24) is 9.97 Å². The number of aromatic nitrogens is 2. The molecule has 0 spiro atoms. The first kappa shape index (κ1) is 21.4. The van der Waals surface area contributed by atoms with Gasteiger partial charge in [0.1, 0.15) is 11.6 Å². The van der Waals surface area contributed by atoms with Crippen molar-refractivity contribution in [3.8, 4) is 22.5 Å². The Labute approximate surface area is 193 Å². The van der Waals surface area contributed by atoms with E-state index in [2.05, 4.69) is 19.9 Å². The predicted octanol–water partition coefficient (Wildman–Crippen LogP) is 7.36. The van der Waals surface area contributed by atoms with Crippen LogP contribution in [0.5, 0.6) is 0 Å². The lowest BCUT2D eigenvalue weighted by atomic mass is 9.75. The highest BCUT2D eigenvalue weighted by atomic mass is 19.1. The lowest BCUT2D eigenvalue weighted by Crippen LogP contribution is -2.24. The van der Waals surface area contributed by atoms with Gasteiger partial charge >= 0.3 is 0 Å². The second kappa shape index (κ2) is 7.31. The Hall–Kier alpha value is -3.40. The molecule has 166 valence electrons. The van der Waals surface area contributed by atoms with Crippen LogP contribution in [-0.4, -0.2) is 9.97 Å². The molecule has 0 saturated heterocycles. The van der Waals surface area contributed by atoms with E-state index >= 15 is 8.78 Å². The Bertz CT molecular complexity index is 1400. The van der Waals surface area contributed by atoms with Crippen LogP contribution in [-0.2, 0) is 10.8 Å². The van der Waals surface area contributed by atoms with E-state index in [0.29, 0.717) is 16.8 Å². The molecule has 0 fully saturated rings. The summed E-state index contributed by atoms with van der Waals surface area (Å²) in [5.74, 6) is -1.09. The lowest BCUT2D eigenvalue weighted by molar-refractivity contribution is 0.522. The summed E-state index contributed by atoms with van der Waals surface area (Å²) in [7, 11) is 0. The molecule has 8 bridgehead atoms. The third-order valence-electron chi connectivity index (χ3n) is 7.03. The minimum atomic E-state index is -0.702. The summed E-state index contributed by atoms with van der Waals surface area (Å²) in [6.45, 7) is 9.56. The maximum absolute atomic E-state index is 15.5. The molecule has 1 aliphatic heterocycles. The molecule has 2 aromatic carbocycles. The van der Waals surface area contributed by atoms with Crippen molar-refractivity contribution in [3.63, 3.8) is 0 Å². The number of nitrogens with zero attached hydrogens (tertiary/aromatic N) is 2. The largest absolute Gasteiger partial charge is 0.252 e. The standard InChI is InChI=1S/C29H26F2N2/c1-17-26(30)20-16-21(27(17)31)28(2,3)19-10-6-9-18(15-19)22-11-7-13-24(32-22)29(4,5)25-14-8-12-23(20)33-25/h6-16H,1-5H3. The highest BCUT2D eigenvalue weighted by molar-refractivity contribution is 5.66. The summed E-state index contributed by atoms with van der Waals surface area (Å²) >= 11 is 0. The Morgan fingerprint density at radius 3 is 1.97 bits per heavy atom. The SMILES string of the molecule is Cc1c(F)c2cc(c1F)C(C)(C)c1cccc(c1)-c1cccc(n1)C(C)(C)c1cccc-2n1. The van der Waals surface area contributed by atoms with Crippen molar-refractivity contribution in [1.29, 1.82) is 0 Å². The number of benzene rings is 2. The van der Waals surface area contributed by atoms with Crippen molar-refractivity contribution in [2.45, 2.75) is 45.4 Å². The van der Waals surface area contributed by atoms with Crippen LogP contribution in [0.3, 0.4) is 0 Å². The number of pyridine rings is 2. The molecule has 5 rings (SSSR count). The third kappa shape index (κ3) is 3.28. The molecule has 0 aliphatic carbocycles. The molecule has 2 aromatic heterocycles. The normalized spacial score (nSPS) is 15.6. The van der Waals surface area contributed by atoms with Crippen LogP contribution < -0.4 is 0 Å². The summed E-state index contributed by atoms with van der Waals surface area (Å²) in [6, 6.07) is 21.2. The molecule has 3 heterocycles. The van der Waals surface area contributed by atoms with E-state index in [9.17, 15) is 0 Å². The Kier molecular flexibility index (Phi) is 4.75. The zero-order valence-electron chi connectivity index (χ0n) is 19.5. The first-order valence-corrected chi connectivity index (χ1v) is 11.2. The molecular formula is C29H26F2N2. The van der Waals surface area contributed by atoms with Crippen molar-refractivity contribution < 1.29 is 8.78 Å². The number of fused-ring (bicyclic) bond motifs is 10. The van der Waals surface area contributed by atoms with Crippen LogP contribution in [0.1, 0.15) is 55.8 Å². The summed E-state index contributed by atoms with van der Waals surface area (Å²) in [5, 5.41) is 0. The Balaban J connectivity index is 1.92. The molecule has 0 saturated carbocycles. The second-order valence-corrected chi connectivity index (χ2v) is 9.87. The van der Waals surface area contributed by atoms with Crippen LogP contribution in [0.2, 0.25) is 0 Å². The second-order valence-electron chi connectivity index (χ2n) is 9.87. The van der Waals surface area contributed by atoms with Gasteiger partial charge in [-0.3, -0.25) is 9.97 Å². The maximum Gasteiger partial charge on any atom is 0.138 e. The monoisotopic (exact) mass is 440 g/mol. The first-order valence-electron chi connectivity index (χ1n) is 11.2. The van der Waals surface area contributed by atoms with Crippen molar-refractivity contribution in [2.75, 3.05) is 0 Å². The molecule has 4 aromatic rings. The molecule has 1 aliphatic rings. The van der Waals surface area contributed by atoms with E-state index in [4.69, 9.17) is 9.97 Å². The van der Waals surface area contributed by atoms with E-state index in [0.717, 1.165) is 28.2 Å². The number of rotatable bonds is 0. The van der Waals surface area contributed by atoms with Gasteiger partial charge in [0.2, 0.25) is 0 Å². The van der Waals surface area contributed by atoms with Crippen LogP contribution >= 0.6 is 0 Å². The fourth-order valence-corrected chi connectivity index (χ4v) is 4.64. The molecule has 0 amide bonds. The van der Waals surface area contributed by atoms with Crippen molar-refractivity contribution in [2.24, 2.45) is 0 Å². The smallest absolute Gasteiger partial charge is 0.138 e. The van der Waals surface area contributed by atoms with Crippen LogP contribution in [0.25, 0.3) is 22.5 Å². The van der Waals surface area contributed by atoms with E-state index in [1.54, 1.807) is 12.1 Å². The highest BCUT2D eigenvalue weighted by Crippen LogP contribution is 2.40. The van der Waals surface area contributed by atoms with Gasteiger partial charge in [0.15, 0.2) is 0 Å². The maximum atomic E-state index is 15.5. The predicted molar refractivity (Wildman–Crippen MR) is 128 cm³/mol. The fourth-order valence-electron chi connectivity index (χ4n) is 4.64. The van der Waals surface area contributed by atoms with E-state index in [1.807, 2.05) is 62.4 Å². The highest BCUT2D eigenvalue weighted by Gasteiger charge is 2.32. The fraction of sp³-hybridized carbons (Fsp3) is 0.241. The average molecular weight is 441 g/mol. The van der Waals surface area contributed by atoms with Gasteiger partial charge in [0.25, 0.3) is 0 Å². The quantitative estimate of drug-likeness (QED) is 0.285. The Morgan fingerprint density at radius 2 is 1.27 bits per heavy atom. The zero-order chi connectivity index (χ0) is 23.5. The number of hydrogen-bond donors (Lipinski definition) is 0. The zero-order valence-corrected chi connectivity index (χ0v) is 19.5. The van der Waals surface area contributed by atoms with Crippen molar-refractivity contribution in [3.05, 3.63) is 106 Å². The summed E-state index contributed by atoms with van der Waals surface area (Å²) in [6.07, 6.45) is 0. The van der Waals surface area contributed by atoms with Gasteiger partial charge in [0.05, 0.1) is 22.8 Å². The van der Waals surface area contributed by atoms with E-state index < -0.39 is 22.5 Å². The molecule has 0 radical (unpaired) electrons. The molecular weight excluding hydrogens is 414 g/mol. The van der Waals surface area contributed by atoms with Gasteiger partial charge in [-0.1, -0.05) is 44.2 Å². The minimum Gasteiger partial charge on any atom is -0.252 e. The molecule has 0 N–H and O–H groups in total. The number of hydrogen-bond acceptors (Lipinski definition) is 2. The average Bonchev–Trinajstić information content (AvgIpc) is 2.82. The first-order chi connectivity index (χ1) is 15.6. The molecule has 0 atom stereocenters.